The summed E-state index contributed by atoms with van der Waals surface area (Å²) in [5, 5.41) is 6.00. The zero-order chi connectivity index (χ0) is 12.5. The molecule has 0 fully saturated rings. The van der Waals surface area contributed by atoms with Crippen LogP contribution in [0.4, 0.5) is 0 Å². The number of fused-ring (bicyclic) bond motifs is 3. The molecule has 2 aromatic rings. The van der Waals surface area contributed by atoms with Gasteiger partial charge in [-0.2, -0.15) is 0 Å². The van der Waals surface area contributed by atoms with Crippen molar-refractivity contribution in [1.29, 1.82) is 0 Å². The van der Waals surface area contributed by atoms with Gasteiger partial charge >= 0.3 is 0 Å². The predicted octanol–water partition coefficient (Wildman–Crippen LogP) is 2.71. The van der Waals surface area contributed by atoms with E-state index in [1.54, 1.807) is 11.3 Å². The molecule has 5 heteroatoms. The first-order chi connectivity index (χ1) is 8.81. The number of amides is 1. The van der Waals surface area contributed by atoms with Crippen LogP contribution in [0.1, 0.15) is 35.6 Å². The Morgan fingerprint density at radius 1 is 1.50 bits per heavy atom. The van der Waals surface area contributed by atoms with Gasteiger partial charge in [0, 0.05) is 18.4 Å². The Hall–Kier alpha value is -1.59. The van der Waals surface area contributed by atoms with Crippen LogP contribution in [-0.4, -0.2) is 17.1 Å². The summed E-state index contributed by atoms with van der Waals surface area (Å²) in [7, 11) is 0. The van der Waals surface area contributed by atoms with Gasteiger partial charge in [-0.1, -0.05) is 6.92 Å². The summed E-state index contributed by atoms with van der Waals surface area (Å²) in [6, 6.07) is 5.71. The van der Waals surface area contributed by atoms with E-state index >= 15 is 0 Å². The summed E-state index contributed by atoms with van der Waals surface area (Å²) in [6.07, 6.45) is 2.49. The highest BCUT2D eigenvalue weighted by Crippen LogP contribution is 2.32. The van der Waals surface area contributed by atoms with Gasteiger partial charge in [-0.25, -0.2) is 0 Å². The number of nitrogens with one attached hydrogen (secondary N) is 1. The van der Waals surface area contributed by atoms with Crippen molar-refractivity contribution in [2.45, 2.75) is 19.6 Å². The van der Waals surface area contributed by atoms with Crippen LogP contribution in [-0.2, 0) is 4.74 Å². The van der Waals surface area contributed by atoms with Gasteiger partial charge in [-0.15, -0.1) is 11.3 Å². The van der Waals surface area contributed by atoms with E-state index in [4.69, 9.17) is 4.74 Å². The quantitative estimate of drug-likeness (QED) is 0.924. The molecule has 0 saturated carbocycles. The summed E-state index contributed by atoms with van der Waals surface area (Å²) in [5.41, 5.74) is 1.68. The second kappa shape index (κ2) is 4.59. The molecule has 0 aromatic carbocycles. The highest BCUT2D eigenvalue weighted by atomic mass is 32.1. The van der Waals surface area contributed by atoms with Crippen molar-refractivity contribution in [1.82, 2.24) is 9.88 Å². The van der Waals surface area contributed by atoms with E-state index in [2.05, 4.69) is 12.2 Å². The molecule has 1 aliphatic rings. The molecule has 1 aliphatic heterocycles. The monoisotopic (exact) mass is 262 g/mol. The van der Waals surface area contributed by atoms with E-state index in [1.807, 2.05) is 34.3 Å². The number of carbonyl (C=O) groups excluding carboxylic acids is 1. The van der Waals surface area contributed by atoms with Crippen LogP contribution in [0.2, 0.25) is 0 Å². The van der Waals surface area contributed by atoms with Crippen LogP contribution in [0.3, 0.4) is 0 Å². The number of aromatic nitrogens is 1. The first kappa shape index (κ1) is 11.5. The fourth-order valence-electron chi connectivity index (χ4n) is 2.09. The van der Waals surface area contributed by atoms with Gasteiger partial charge in [-0.3, -0.25) is 4.79 Å². The van der Waals surface area contributed by atoms with Crippen LogP contribution < -0.4 is 5.32 Å². The van der Waals surface area contributed by atoms with Crippen molar-refractivity contribution in [3.8, 4) is 5.00 Å². The first-order valence-corrected chi connectivity index (χ1v) is 6.87. The maximum Gasteiger partial charge on any atom is 0.270 e. The fourth-order valence-corrected chi connectivity index (χ4v) is 3.01. The molecule has 0 bridgehead atoms. The highest BCUT2D eigenvalue weighted by molar-refractivity contribution is 7.12. The zero-order valence-electron chi connectivity index (χ0n) is 10.1. The number of hydrogen-bond donors (Lipinski definition) is 1. The van der Waals surface area contributed by atoms with Crippen LogP contribution in [0.5, 0.6) is 0 Å². The van der Waals surface area contributed by atoms with Crippen LogP contribution in [0.25, 0.3) is 5.00 Å². The molecule has 0 aliphatic carbocycles. The Morgan fingerprint density at radius 3 is 3.22 bits per heavy atom. The van der Waals surface area contributed by atoms with Crippen LogP contribution in [0.15, 0.2) is 29.8 Å². The number of ether oxygens (including phenoxy) is 1. The number of thiophene rings is 1. The molecule has 4 nitrogen and oxygen atoms in total. The SMILES string of the molecule is CCCOC1NC(=O)c2cccn2-c2sccc21. The summed E-state index contributed by atoms with van der Waals surface area (Å²) in [4.78, 5) is 12.1. The van der Waals surface area contributed by atoms with Gasteiger partial charge in [-0.05, 0) is 30.0 Å². The third-order valence-corrected chi connectivity index (χ3v) is 3.84. The normalized spacial score (nSPS) is 17.8. The van der Waals surface area contributed by atoms with E-state index in [-0.39, 0.29) is 12.1 Å². The van der Waals surface area contributed by atoms with Crippen molar-refractivity contribution < 1.29 is 9.53 Å². The number of carbonyl (C=O) groups is 1. The average molecular weight is 262 g/mol. The van der Waals surface area contributed by atoms with Gasteiger partial charge in [0.15, 0.2) is 6.23 Å². The molecular weight excluding hydrogens is 248 g/mol. The minimum atomic E-state index is -0.349. The van der Waals surface area contributed by atoms with Crippen molar-refractivity contribution in [3.63, 3.8) is 0 Å². The topological polar surface area (TPSA) is 43.3 Å². The van der Waals surface area contributed by atoms with Crippen molar-refractivity contribution in [3.05, 3.63) is 41.0 Å². The third kappa shape index (κ3) is 1.76. The summed E-state index contributed by atoms with van der Waals surface area (Å²) < 4.78 is 7.65. The Labute approximate surface area is 109 Å². The lowest BCUT2D eigenvalue weighted by molar-refractivity contribution is 0.0280. The van der Waals surface area contributed by atoms with Gasteiger partial charge < -0.3 is 14.6 Å². The molecule has 0 saturated heterocycles. The van der Waals surface area contributed by atoms with Crippen LogP contribution >= 0.6 is 11.3 Å². The first-order valence-electron chi connectivity index (χ1n) is 5.99. The Kier molecular flexibility index (Phi) is 2.93. The lowest BCUT2D eigenvalue weighted by Crippen LogP contribution is -2.29. The molecule has 1 unspecified atom stereocenters. The molecular formula is C13H14N2O2S. The molecule has 2 aromatic heterocycles. The smallest absolute Gasteiger partial charge is 0.270 e. The van der Waals surface area contributed by atoms with Gasteiger partial charge in [0.1, 0.15) is 10.7 Å². The summed E-state index contributed by atoms with van der Waals surface area (Å²) in [5.74, 6) is -0.0931. The number of hydrogen-bond acceptors (Lipinski definition) is 3. The minimum absolute atomic E-state index is 0.0931. The summed E-state index contributed by atoms with van der Waals surface area (Å²) in [6.45, 7) is 2.69. The molecule has 1 atom stereocenters. The summed E-state index contributed by atoms with van der Waals surface area (Å²) >= 11 is 1.62. The molecule has 3 rings (SSSR count). The lowest BCUT2D eigenvalue weighted by atomic mass is 10.3. The van der Waals surface area contributed by atoms with Gasteiger partial charge in [0.05, 0.1) is 0 Å². The van der Waals surface area contributed by atoms with Crippen LogP contribution in [0, 0.1) is 0 Å². The Balaban J connectivity index is 2.05. The maximum atomic E-state index is 12.1. The zero-order valence-corrected chi connectivity index (χ0v) is 10.9. The van der Waals surface area contributed by atoms with E-state index in [0.717, 1.165) is 17.0 Å². The van der Waals surface area contributed by atoms with E-state index < -0.39 is 0 Å². The minimum Gasteiger partial charge on any atom is -0.354 e. The second-order valence-electron chi connectivity index (χ2n) is 4.17. The third-order valence-electron chi connectivity index (χ3n) is 2.91. The molecule has 18 heavy (non-hydrogen) atoms. The maximum absolute atomic E-state index is 12.1. The van der Waals surface area contributed by atoms with Crippen molar-refractivity contribution in [2.75, 3.05) is 6.61 Å². The Bertz CT molecular complexity index is 573. The molecule has 0 radical (unpaired) electrons. The highest BCUT2D eigenvalue weighted by Gasteiger charge is 2.27. The van der Waals surface area contributed by atoms with Gasteiger partial charge in [0.2, 0.25) is 0 Å². The number of rotatable bonds is 3. The van der Waals surface area contributed by atoms with E-state index in [9.17, 15) is 4.79 Å². The lowest BCUT2D eigenvalue weighted by Gasteiger charge is -2.16. The molecule has 94 valence electrons. The second-order valence-corrected chi connectivity index (χ2v) is 5.06. The number of nitrogens with zero attached hydrogens (tertiary/aromatic N) is 1. The van der Waals surface area contributed by atoms with E-state index in [1.165, 1.54) is 0 Å². The van der Waals surface area contributed by atoms with Crippen molar-refractivity contribution in [2.24, 2.45) is 0 Å². The standard InChI is InChI=1S/C13H14N2O2S/c1-2-7-17-12-9-5-8-18-13(9)15-6-3-4-10(15)11(16)14-12/h3-6,8,12H,2,7H2,1H3,(H,14,16). The molecule has 1 amide bonds. The van der Waals surface area contributed by atoms with Crippen molar-refractivity contribution >= 4 is 17.2 Å². The largest absolute Gasteiger partial charge is 0.354 e. The fraction of sp³-hybridized carbons (Fsp3) is 0.308. The predicted molar refractivity (Wildman–Crippen MR) is 70.1 cm³/mol. The van der Waals surface area contributed by atoms with Gasteiger partial charge in [0.25, 0.3) is 5.91 Å². The average Bonchev–Trinajstić information content (AvgIpc) is 2.99. The van der Waals surface area contributed by atoms with E-state index in [0.29, 0.717) is 12.3 Å². The molecule has 1 N–H and O–H groups in total. The Morgan fingerprint density at radius 2 is 2.39 bits per heavy atom. The molecule has 0 spiro atoms. The molecule has 3 heterocycles.